The first-order valence-electron chi connectivity index (χ1n) is 10.5. The summed E-state index contributed by atoms with van der Waals surface area (Å²) in [6, 6.07) is 14.1. The lowest BCUT2D eigenvalue weighted by Crippen LogP contribution is -2.46. The Morgan fingerprint density at radius 1 is 1.13 bits per heavy atom. The first kappa shape index (κ1) is 22.7. The van der Waals surface area contributed by atoms with E-state index < -0.39 is 12.0 Å². The van der Waals surface area contributed by atoms with E-state index in [1.54, 1.807) is 25.1 Å². The van der Waals surface area contributed by atoms with Crippen molar-refractivity contribution in [2.75, 3.05) is 6.61 Å². The molecule has 3 rings (SSSR count). The first-order chi connectivity index (χ1) is 15.0. The van der Waals surface area contributed by atoms with Crippen molar-refractivity contribution in [3.8, 4) is 5.75 Å². The highest BCUT2D eigenvalue weighted by Gasteiger charge is 2.33. The minimum absolute atomic E-state index is 0.247. The van der Waals surface area contributed by atoms with Gasteiger partial charge in [0, 0.05) is 5.70 Å². The minimum Gasteiger partial charge on any atom is -0.487 e. The van der Waals surface area contributed by atoms with Crippen LogP contribution in [-0.2, 0) is 16.1 Å². The van der Waals surface area contributed by atoms with Crippen molar-refractivity contribution in [2.45, 2.75) is 45.8 Å². The first-order valence-corrected chi connectivity index (χ1v) is 10.8. The van der Waals surface area contributed by atoms with Crippen molar-refractivity contribution in [1.82, 2.24) is 10.6 Å². The van der Waals surface area contributed by atoms with Crippen LogP contribution in [0.4, 0.5) is 4.79 Å². The summed E-state index contributed by atoms with van der Waals surface area (Å²) in [5.74, 6) is 0.0778. The van der Waals surface area contributed by atoms with Crippen LogP contribution in [-0.4, -0.2) is 18.6 Å². The average molecular weight is 443 g/mol. The van der Waals surface area contributed by atoms with E-state index >= 15 is 0 Å². The molecule has 0 spiro atoms. The number of nitrogens with one attached hydrogen (secondary N) is 2. The topological polar surface area (TPSA) is 76.7 Å². The van der Waals surface area contributed by atoms with E-state index in [1.165, 1.54) is 0 Å². The van der Waals surface area contributed by atoms with Crippen molar-refractivity contribution in [2.24, 2.45) is 0 Å². The quantitative estimate of drug-likeness (QED) is 0.518. The fourth-order valence-electron chi connectivity index (χ4n) is 3.42. The Hall–Kier alpha value is -2.99. The molecule has 0 fully saturated rings. The molecule has 1 atom stereocenters. The summed E-state index contributed by atoms with van der Waals surface area (Å²) in [4.78, 5) is 25.0. The molecule has 2 N–H and O–H groups in total. The lowest BCUT2D eigenvalue weighted by atomic mass is 9.93. The average Bonchev–Trinajstić information content (AvgIpc) is 2.77. The third kappa shape index (κ3) is 5.79. The second-order valence-corrected chi connectivity index (χ2v) is 7.62. The van der Waals surface area contributed by atoms with Crippen molar-refractivity contribution in [1.29, 1.82) is 0 Å². The number of allylic oxidation sites excluding steroid dienone is 1. The van der Waals surface area contributed by atoms with E-state index in [2.05, 4.69) is 17.6 Å². The van der Waals surface area contributed by atoms with E-state index in [4.69, 9.17) is 21.1 Å². The maximum atomic E-state index is 12.7. The molecule has 0 radical (unpaired) electrons. The number of unbranched alkanes of at least 4 members (excludes halogenated alkanes) is 1. The molecule has 0 saturated carbocycles. The van der Waals surface area contributed by atoms with Gasteiger partial charge in [-0.15, -0.1) is 0 Å². The number of halogens is 1. The third-order valence-corrected chi connectivity index (χ3v) is 5.25. The molecule has 2 aromatic rings. The molecule has 31 heavy (non-hydrogen) atoms. The van der Waals surface area contributed by atoms with E-state index in [1.807, 2.05) is 30.3 Å². The largest absolute Gasteiger partial charge is 0.487 e. The van der Waals surface area contributed by atoms with Crippen LogP contribution in [0.1, 0.15) is 50.3 Å². The SMILES string of the molecule is CCCCC1=C(C(=O)OCC)C(c2ccc(OCc3ccccc3)c(Cl)c2)NC(=O)N1. The number of hydrogen-bond donors (Lipinski definition) is 2. The number of amides is 2. The second kappa shape index (κ2) is 10.9. The fraction of sp³-hybridized carbons (Fsp3) is 0.333. The van der Waals surface area contributed by atoms with Crippen LogP contribution in [0, 0.1) is 0 Å². The van der Waals surface area contributed by atoms with Gasteiger partial charge >= 0.3 is 12.0 Å². The lowest BCUT2D eigenvalue weighted by molar-refractivity contribution is -0.139. The molecular weight excluding hydrogens is 416 g/mol. The fourth-order valence-corrected chi connectivity index (χ4v) is 3.66. The van der Waals surface area contributed by atoms with Gasteiger partial charge in [-0.05, 0) is 43.0 Å². The molecule has 0 saturated heterocycles. The number of rotatable bonds is 9. The molecule has 2 aromatic carbocycles. The van der Waals surface area contributed by atoms with E-state index in [-0.39, 0.29) is 12.6 Å². The van der Waals surface area contributed by atoms with E-state index in [0.717, 1.165) is 18.4 Å². The molecule has 1 aliphatic rings. The molecular formula is C24H27ClN2O4. The minimum atomic E-state index is -0.652. The van der Waals surface area contributed by atoms with E-state index in [0.29, 0.717) is 40.6 Å². The van der Waals surface area contributed by atoms with Crippen LogP contribution in [0.5, 0.6) is 5.75 Å². The van der Waals surface area contributed by atoms with Crippen molar-refractivity contribution < 1.29 is 19.1 Å². The summed E-state index contributed by atoms with van der Waals surface area (Å²) in [5, 5.41) is 6.00. The second-order valence-electron chi connectivity index (χ2n) is 7.21. The molecule has 1 aliphatic heterocycles. The summed E-state index contributed by atoms with van der Waals surface area (Å²) in [7, 11) is 0. The molecule has 0 aromatic heterocycles. The van der Waals surface area contributed by atoms with Gasteiger partial charge in [0.05, 0.1) is 23.2 Å². The molecule has 1 unspecified atom stereocenters. The van der Waals surface area contributed by atoms with Crippen LogP contribution < -0.4 is 15.4 Å². The highest BCUT2D eigenvalue weighted by atomic mass is 35.5. The Labute approximate surface area is 187 Å². The normalized spacial score (nSPS) is 15.8. The van der Waals surface area contributed by atoms with Gasteiger partial charge in [-0.2, -0.15) is 0 Å². The van der Waals surface area contributed by atoms with Gasteiger partial charge in [0.2, 0.25) is 0 Å². The van der Waals surface area contributed by atoms with Crippen LogP contribution >= 0.6 is 11.6 Å². The Morgan fingerprint density at radius 3 is 2.58 bits per heavy atom. The monoisotopic (exact) mass is 442 g/mol. The van der Waals surface area contributed by atoms with Crippen molar-refractivity contribution in [3.05, 3.63) is 76.0 Å². The van der Waals surface area contributed by atoms with Crippen molar-refractivity contribution >= 4 is 23.6 Å². The number of hydrogen-bond acceptors (Lipinski definition) is 4. The molecule has 164 valence electrons. The maximum Gasteiger partial charge on any atom is 0.338 e. The van der Waals surface area contributed by atoms with Gasteiger partial charge in [0.25, 0.3) is 0 Å². The molecule has 1 heterocycles. The third-order valence-electron chi connectivity index (χ3n) is 4.96. The van der Waals surface area contributed by atoms with Crippen molar-refractivity contribution in [3.63, 3.8) is 0 Å². The van der Waals surface area contributed by atoms with Gasteiger partial charge in [-0.1, -0.05) is 61.3 Å². The Balaban J connectivity index is 1.88. The molecule has 0 bridgehead atoms. The molecule has 2 amide bonds. The predicted octanol–water partition coefficient (Wildman–Crippen LogP) is 5.28. The number of benzene rings is 2. The number of carbonyl (C=O) groups is 2. The Kier molecular flexibility index (Phi) is 7.95. The number of ether oxygens (including phenoxy) is 2. The molecule has 7 heteroatoms. The van der Waals surface area contributed by atoms with Crippen LogP contribution in [0.15, 0.2) is 59.8 Å². The zero-order valence-electron chi connectivity index (χ0n) is 17.7. The van der Waals surface area contributed by atoms with Crippen LogP contribution in [0.25, 0.3) is 0 Å². The van der Waals surface area contributed by atoms with Crippen LogP contribution in [0.3, 0.4) is 0 Å². The van der Waals surface area contributed by atoms with Gasteiger partial charge in [0.1, 0.15) is 12.4 Å². The maximum absolute atomic E-state index is 12.7. The van der Waals surface area contributed by atoms with E-state index in [9.17, 15) is 9.59 Å². The highest BCUT2D eigenvalue weighted by Crippen LogP contribution is 2.34. The number of urea groups is 1. The van der Waals surface area contributed by atoms with Gasteiger partial charge in [-0.25, -0.2) is 9.59 Å². The molecule has 0 aliphatic carbocycles. The summed E-state index contributed by atoms with van der Waals surface area (Å²) in [6.45, 7) is 4.44. The summed E-state index contributed by atoms with van der Waals surface area (Å²) >= 11 is 6.47. The number of carbonyl (C=O) groups excluding carboxylic acids is 2. The Bertz CT molecular complexity index is 959. The summed E-state index contributed by atoms with van der Waals surface area (Å²) < 4.78 is 11.1. The zero-order chi connectivity index (χ0) is 22.2. The predicted molar refractivity (Wildman–Crippen MR) is 120 cm³/mol. The van der Waals surface area contributed by atoms with Gasteiger partial charge < -0.3 is 20.1 Å². The zero-order valence-corrected chi connectivity index (χ0v) is 18.5. The standard InChI is InChI=1S/C24H27ClN2O4/c1-3-5-11-19-21(23(28)30-4-2)22(27-24(29)26-19)17-12-13-20(18(25)14-17)31-15-16-9-7-6-8-10-16/h6-10,12-14,22H,3-5,11,15H2,1-2H3,(H2,26,27,29). The van der Waals surface area contributed by atoms with Gasteiger partial charge in [-0.3, -0.25) is 0 Å². The number of esters is 1. The molecule has 6 nitrogen and oxygen atoms in total. The highest BCUT2D eigenvalue weighted by molar-refractivity contribution is 6.32. The smallest absolute Gasteiger partial charge is 0.338 e. The lowest BCUT2D eigenvalue weighted by Gasteiger charge is -2.29. The van der Waals surface area contributed by atoms with Crippen LogP contribution in [0.2, 0.25) is 5.02 Å². The van der Waals surface area contributed by atoms with Gasteiger partial charge in [0.15, 0.2) is 0 Å². The Morgan fingerprint density at radius 2 is 1.90 bits per heavy atom. The summed E-state index contributed by atoms with van der Waals surface area (Å²) in [5.41, 5.74) is 2.71. The summed E-state index contributed by atoms with van der Waals surface area (Å²) in [6.07, 6.45) is 2.37.